The highest BCUT2D eigenvalue weighted by Gasteiger charge is 2.30. The van der Waals surface area contributed by atoms with Gasteiger partial charge < -0.3 is 4.74 Å². The van der Waals surface area contributed by atoms with Gasteiger partial charge in [-0.3, -0.25) is 14.4 Å². The summed E-state index contributed by atoms with van der Waals surface area (Å²) >= 11 is 0. The lowest BCUT2D eigenvalue weighted by atomic mass is 10.3. The lowest BCUT2D eigenvalue weighted by molar-refractivity contribution is -0.387. The summed E-state index contributed by atoms with van der Waals surface area (Å²) in [5.74, 6) is 0.216. The van der Waals surface area contributed by atoms with Gasteiger partial charge in [-0.05, 0) is 24.3 Å². The maximum atomic E-state index is 12.6. The standard InChI is InChI=1S/C14H14N2O5S/c1-15(11-6-4-3-5-7-11)22(19,20)14-9-8-12(21-2)10-13(14)16(17)18/h3-10H,1-2H3. The Kier molecular flexibility index (Phi) is 4.32. The van der Waals surface area contributed by atoms with E-state index in [0.717, 1.165) is 10.4 Å². The van der Waals surface area contributed by atoms with E-state index in [9.17, 15) is 18.5 Å². The van der Waals surface area contributed by atoms with Crippen LogP contribution in [0.4, 0.5) is 11.4 Å². The number of nitro benzene ring substituents is 1. The van der Waals surface area contributed by atoms with Gasteiger partial charge in [0, 0.05) is 7.05 Å². The lowest BCUT2D eigenvalue weighted by Gasteiger charge is -2.19. The number of hydrogen-bond donors (Lipinski definition) is 0. The highest BCUT2D eigenvalue weighted by Crippen LogP contribution is 2.31. The fourth-order valence-electron chi connectivity index (χ4n) is 1.91. The van der Waals surface area contributed by atoms with Crippen molar-refractivity contribution >= 4 is 21.4 Å². The fourth-order valence-corrected chi connectivity index (χ4v) is 3.24. The second-order valence-electron chi connectivity index (χ2n) is 4.40. The van der Waals surface area contributed by atoms with Crippen molar-refractivity contribution in [2.24, 2.45) is 0 Å². The molecule has 0 saturated heterocycles. The Hall–Kier alpha value is -2.61. The van der Waals surface area contributed by atoms with E-state index < -0.39 is 20.6 Å². The molecule has 0 unspecified atom stereocenters. The molecular weight excluding hydrogens is 308 g/mol. The Bertz CT molecular complexity index is 790. The number of benzene rings is 2. The van der Waals surface area contributed by atoms with Crippen LogP contribution in [0.15, 0.2) is 53.4 Å². The summed E-state index contributed by atoms with van der Waals surface area (Å²) in [6.45, 7) is 0. The molecule has 2 aromatic rings. The first-order valence-corrected chi connectivity index (χ1v) is 7.68. The minimum Gasteiger partial charge on any atom is -0.497 e. The molecule has 0 spiro atoms. The van der Waals surface area contributed by atoms with Crippen molar-refractivity contribution in [1.82, 2.24) is 0 Å². The van der Waals surface area contributed by atoms with Gasteiger partial charge in [0.05, 0.1) is 23.8 Å². The molecule has 7 nitrogen and oxygen atoms in total. The van der Waals surface area contributed by atoms with Crippen LogP contribution in [0.3, 0.4) is 0 Å². The van der Waals surface area contributed by atoms with Gasteiger partial charge in [0.25, 0.3) is 15.7 Å². The molecule has 2 aromatic carbocycles. The van der Waals surface area contributed by atoms with E-state index in [2.05, 4.69) is 0 Å². The van der Waals surface area contributed by atoms with E-state index in [1.54, 1.807) is 30.3 Å². The molecule has 0 atom stereocenters. The van der Waals surface area contributed by atoms with Crippen LogP contribution in [-0.2, 0) is 10.0 Å². The molecule has 116 valence electrons. The SMILES string of the molecule is COc1ccc(S(=O)(=O)N(C)c2ccccc2)c([N+](=O)[O-])c1. The van der Waals surface area contributed by atoms with Crippen molar-refractivity contribution in [1.29, 1.82) is 0 Å². The first-order valence-electron chi connectivity index (χ1n) is 6.24. The van der Waals surface area contributed by atoms with E-state index in [-0.39, 0.29) is 10.6 Å². The average Bonchev–Trinajstić information content (AvgIpc) is 2.54. The zero-order valence-corrected chi connectivity index (χ0v) is 12.8. The monoisotopic (exact) mass is 322 g/mol. The fraction of sp³-hybridized carbons (Fsp3) is 0.143. The summed E-state index contributed by atoms with van der Waals surface area (Å²) in [6.07, 6.45) is 0. The Morgan fingerprint density at radius 1 is 1.14 bits per heavy atom. The van der Waals surface area contributed by atoms with Gasteiger partial charge >= 0.3 is 0 Å². The third-order valence-electron chi connectivity index (χ3n) is 3.12. The molecule has 0 amide bonds. The summed E-state index contributed by atoms with van der Waals surface area (Å²) in [6, 6.07) is 12.0. The summed E-state index contributed by atoms with van der Waals surface area (Å²) in [4.78, 5) is 10.0. The molecule has 0 heterocycles. The van der Waals surface area contributed by atoms with Crippen molar-refractivity contribution < 1.29 is 18.1 Å². The smallest absolute Gasteiger partial charge is 0.293 e. The highest BCUT2D eigenvalue weighted by molar-refractivity contribution is 7.93. The van der Waals surface area contributed by atoms with Crippen LogP contribution in [0, 0.1) is 10.1 Å². The molecule has 22 heavy (non-hydrogen) atoms. The molecule has 0 aliphatic carbocycles. The molecule has 0 aliphatic rings. The minimum atomic E-state index is -4.06. The minimum absolute atomic E-state index is 0.216. The largest absolute Gasteiger partial charge is 0.497 e. The third kappa shape index (κ3) is 2.86. The maximum absolute atomic E-state index is 12.6. The van der Waals surface area contributed by atoms with Crippen molar-refractivity contribution in [2.45, 2.75) is 4.90 Å². The van der Waals surface area contributed by atoms with Crippen molar-refractivity contribution in [3.8, 4) is 5.75 Å². The van der Waals surface area contributed by atoms with E-state index in [0.29, 0.717) is 5.69 Å². The lowest BCUT2D eigenvalue weighted by Crippen LogP contribution is -2.27. The third-order valence-corrected chi connectivity index (χ3v) is 4.95. The Balaban J connectivity index is 2.57. The van der Waals surface area contributed by atoms with E-state index in [1.165, 1.54) is 26.3 Å². The highest BCUT2D eigenvalue weighted by atomic mass is 32.2. The molecule has 8 heteroatoms. The molecule has 0 bridgehead atoms. The number of rotatable bonds is 5. The van der Waals surface area contributed by atoms with Crippen LogP contribution in [0.2, 0.25) is 0 Å². The second-order valence-corrected chi connectivity index (χ2v) is 6.34. The van der Waals surface area contributed by atoms with E-state index >= 15 is 0 Å². The Morgan fingerprint density at radius 3 is 2.32 bits per heavy atom. The van der Waals surface area contributed by atoms with Crippen LogP contribution in [-0.4, -0.2) is 27.5 Å². The topological polar surface area (TPSA) is 89.8 Å². The number of methoxy groups -OCH3 is 1. The second kappa shape index (κ2) is 6.02. The number of para-hydroxylation sites is 1. The van der Waals surface area contributed by atoms with E-state index in [1.807, 2.05) is 0 Å². The molecule has 0 aliphatic heterocycles. The molecule has 0 fully saturated rings. The summed E-state index contributed by atoms with van der Waals surface area (Å²) in [5.41, 5.74) is -0.116. The zero-order valence-electron chi connectivity index (χ0n) is 12.0. The predicted octanol–water partition coefficient (Wildman–Crippen LogP) is 2.43. The zero-order chi connectivity index (χ0) is 16.3. The van der Waals surface area contributed by atoms with Gasteiger partial charge in [-0.2, -0.15) is 0 Å². The van der Waals surface area contributed by atoms with Crippen LogP contribution in [0.1, 0.15) is 0 Å². The molecule has 0 saturated carbocycles. The Morgan fingerprint density at radius 2 is 1.77 bits per heavy atom. The van der Waals surface area contributed by atoms with Gasteiger partial charge in [0.2, 0.25) is 0 Å². The molecule has 0 aromatic heterocycles. The normalized spacial score (nSPS) is 11.0. The quantitative estimate of drug-likeness (QED) is 0.623. The van der Waals surface area contributed by atoms with Crippen LogP contribution in [0.25, 0.3) is 0 Å². The van der Waals surface area contributed by atoms with Gasteiger partial charge in [0.15, 0.2) is 4.90 Å². The van der Waals surface area contributed by atoms with Gasteiger partial charge in [0.1, 0.15) is 5.75 Å². The van der Waals surface area contributed by atoms with E-state index in [4.69, 9.17) is 4.74 Å². The van der Waals surface area contributed by atoms with Gasteiger partial charge in [-0.1, -0.05) is 18.2 Å². The number of anilines is 1. The number of ether oxygens (including phenoxy) is 1. The Labute approximate surface area is 128 Å². The summed E-state index contributed by atoms with van der Waals surface area (Å²) < 4.78 is 31.2. The van der Waals surface area contributed by atoms with Crippen molar-refractivity contribution in [2.75, 3.05) is 18.5 Å². The van der Waals surface area contributed by atoms with Crippen molar-refractivity contribution in [3.63, 3.8) is 0 Å². The van der Waals surface area contributed by atoms with Gasteiger partial charge in [-0.15, -0.1) is 0 Å². The first kappa shape index (κ1) is 15.8. The first-order chi connectivity index (χ1) is 10.4. The predicted molar refractivity (Wildman–Crippen MR) is 81.7 cm³/mol. The van der Waals surface area contributed by atoms with Crippen molar-refractivity contribution in [3.05, 3.63) is 58.6 Å². The number of nitrogens with zero attached hydrogens (tertiary/aromatic N) is 2. The van der Waals surface area contributed by atoms with Crippen LogP contribution in [0.5, 0.6) is 5.75 Å². The molecule has 2 rings (SSSR count). The number of hydrogen-bond acceptors (Lipinski definition) is 5. The average molecular weight is 322 g/mol. The summed E-state index contributed by atoms with van der Waals surface area (Å²) in [5, 5.41) is 11.2. The molecule has 0 radical (unpaired) electrons. The summed E-state index contributed by atoms with van der Waals surface area (Å²) in [7, 11) is -1.36. The molecular formula is C14H14N2O5S. The number of sulfonamides is 1. The maximum Gasteiger partial charge on any atom is 0.293 e. The van der Waals surface area contributed by atoms with Crippen LogP contribution < -0.4 is 9.04 Å². The van der Waals surface area contributed by atoms with Gasteiger partial charge in [-0.25, -0.2) is 8.42 Å². The molecule has 0 N–H and O–H groups in total. The number of nitro groups is 1. The van der Waals surface area contributed by atoms with Crippen LogP contribution >= 0.6 is 0 Å².